The number of aromatic nitrogens is 1. The number of aliphatic hydroxyl groups excluding tert-OH is 1. The molecule has 0 amide bonds. The van der Waals surface area contributed by atoms with E-state index in [1.165, 1.54) is 0 Å². The summed E-state index contributed by atoms with van der Waals surface area (Å²) >= 11 is 1.55. The van der Waals surface area contributed by atoms with Crippen molar-refractivity contribution in [1.29, 1.82) is 0 Å². The fourth-order valence-electron chi connectivity index (χ4n) is 1.89. The van der Waals surface area contributed by atoms with E-state index in [4.69, 9.17) is 4.74 Å². The van der Waals surface area contributed by atoms with Gasteiger partial charge in [-0.05, 0) is 12.8 Å². The molecule has 1 aromatic heterocycles. The smallest absolute Gasteiger partial charge is 0.185 e. The minimum Gasteiger partial charge on any atom is -0.391 e. The number of thiazole rings is 1. The molecule has 0 spiro atoms. The summed E-state index contributed by atoms with van der Waals surface area (Å²) in [5, 5.41) is 10.3. The Morgan fingerprint density at radius 2 is 2.06 bits per heavy atom. The standard InChI is InChI=1S/C12H22N2O2S/c1-5-9(6-2)14(3)12-13-10(8-16-4)11(7-15)17-12/h9,15H,5-8H2,1-4H3. The minimum atomic E-state index is 0.0348. The van der Waals surface area contributed by atoms with Crippen molar-refractivity contribution in [3.05, 3.63) is 10.6 Å². The van der Waals surface area contributed by atoms with Crippen LogP contribution in [-0.4, -0.2) is 30.3 Å². The van der Waals surface area contributed by atoms with Gasteiger partial charge in [0.2, 0.25) is 0 Å². The Morgan fingerprint density at radius 3 is 2.53 bits per heavy atom. The Hall–Kier alpha value is -0.650. The van der Waals surface area contributed by atoms with Gasteiger partial charge in [0, 0.05) is 20.2 Å². The lowest BCUT2D eigenvalue weighted by Gasteiger charge is -2.25. The molecule has 98 valence electrons. The molecule has 1 aromatic rings. The summed E-state index contributed by atoms with van der Waals surface area (Å²) in [4.78, 5) is 7.65. The molecule has 0 aliphatic carbocycles. The van der Waals surface area contributed by atoms with Crippen LogP contribution in [0.5, 0.6) is 0 Å². The van der Waals surface area contributed by atoms with Crippen molar-refractivity contribution < 1.29 is 9.84 Å². The van der Waals surface area contributed by atoms with Gasteiger partial charge in [-0.15, -0.1) is 0 Å². The lowest BCUT2D eigenvalue weighted by molar-refractivity contribution is 0.179. The van der Waals surface area contributed by atoms with Crippen LogP contribution in [0.4, 0.5) is 5.13 Å². The van der Waals surface area contributed by atoms with E-state index in [9.17, 15) is 5.11 Å². The van der Waals surface area contributed by atoms with Crippen molar-refractivity contribution in [2.24, 2.45) is 0 Å². The predicted molar refractivity (Wildman–Crippen MR) is 71.5 cm³/mol. The highest BCUT2D eigenvalue weighted by atomic mass is 32.1. The largest absolute Gasteiger partial charge is 0.391 e. The second-order valence-electron chi connectivity index (χ2n) is 4.04. The Balaban J connectivity index is 2.90. The van der Waals surface area contributed by atoms with Crippen LogP contribution in [0.15, 0.2) is 0 Å². The fraction of sp³-hybridized carbons (Fsp3) is 0.750. The maximum Gasteiger partial charge on any atom is 0.185 e. The first-order chi connectivity index (χ1) is 8.17. The summed E-state index contributed by atoms with van der Waals surface area (Å²) < 4.78 is 5.09. The maximum atomic E-state index is 9.29. The molecule has 1 rings (SSSR count). The third kappa shape index (κ3) is 3.40. The van der Waals surface area contributed by atoms with Gasteiger partial charge in [-0.1, -0.05) is 25.2 Å². The summed E-state index contributed by atoms with van der Waals surface area (Å²) in [5.41, 5.74) is 0.854. The number of ether oxygens (including phenoxy) is 1. The molecule has 17 heavy (non-hydrogen) atoms. The van der Waals surface area contributed by atoms with Gasteiger partial charge in [-0.2, -0.15) is 0 Å². The number of rotatable bonds is 7. The van der Waals surface area contributed by atoms with Crippen LogP contribution in [0.25, 0.3) is 0 Å². The lowest BCUT2D eigenvalue weighted by atomic mass is 10.1. The highest BCUT2D eigenvalue weighted by Crippen LogP contribution is 2.28. The van der Waals surface area contributed by atoms with Crippen LogP contribution in [-0.2, 0) is 18.0 Å². The summed E-state index contributed by atoms with van der Waals surface area (Å²) in [6.45, 7) is 4.86. The number of anilines is 1. The van der Waals surface area contributed by atoms with Crippen molar-refractivity contribution in [1.82, 2.24) is 4.98 Å². The molecule has 0 saturated heterocycles. The van der Waals surface area contributed by atoms with Crippen LogP contribution in [0, 0.1) is 0 Å². The van der Waals surface area contributed by atoms with Gasteiger partial charge < -0.3 is 14.7 Å². The van der Waals surface area contributed by atoms with Gasteiger partial charge >= 0.3 is 0 Å². The topological polar surface area (TPSA) is 45.6 Å². The maximum absolute atomic E-state index is 9.29. The summed E-state index contributed by atoms with van der Waals surface area (Å²) in [5.74, 6) is 0. The van der Waals surface area contributed by atoms with Gasteiger partial charge in [0.05, 0.1) is 23.8 Å². The molecule has 1 heterocycles. The molecule has 1 N–H and O–H groups in total. The molecule has 0 aliphatic heterocycles. The molecule has 0 saturated carbocycles. The number of methoxy groups -OCH3 is 1. The second-order valence-corrected chi connectivity index (χ2v) is 5.10. The van der Waals surface area contributed by atoms with Gasteiger partial charge in [-0.3, -0.25) is 0 Å². The Kier molecular flexibility index (Phi) is 5.88. The minimum absolute atomic E-state index is 0.0348. The van der Waals surface area contributed by atoms with Crippen LogP contribution in [0.1, 0.15) is 37.3 Å². The molecule has 0 fully saturated rings. The second kappa shape index (κ2) is 6.93. The Morgan fingerprint density at radius 1 is 1.41 bits per heavy atom. The van der Waals surface area contributed by atoms with Crippen molar-refractivity contribution in [2.75, 3.05) is 19.1 Å². The third-order valence-corrected chi connectivity index (χ3v) is 4.16. The SMILES string of the molecule is CCC(CC)N(C)c1nc(COC)c(CO)s1. The zero-order valence-electron chi connectivity index (χ0n) is 11.1. The number of hydrogen-bond acceptors (Lipinski definition) is 5. The van der Waals surface area contributed by atoms with Gasteiger partial charge in [-0.25, -0.2) is 4.98 Å². The molecule has 0 bridgehead atoms. The zero-order chi connectivity index (χ0) is 12.8. The monoisotopic (exact) mass is 258 g/mol. The average Bonchev–Trinajstić information content (AvgIpc) is 2.74. The first kappa shape index (κ1) is 14.4. The quantitative estimate of drug-likeness (QED) is 0.816. The van der Waals surface area contributed by atoms with Crippen LogP contribution in [0.3, 0.4) is 0 Å². The molecule has 5 heteroatoms. The van der Waals surface area contributed by atoms with Crippen molar-refractivity contribution in [3.63, 3.8) is 0 Å². The van der Waals surface area contributed by atoms with Crippen molar-refractivity contribution in [2.45, 2.75) is 45.9 Å². The normalized spacial score (nSPS) is 11.2. The van der Waals surface area contributed by atoms with Crippen molar-refractivity contribution in [3.8, 4) is 0 Å². The zero-order valence-corrected chi connectivity index (χ0v) is 11.9. The fourth-order valence-corrected chi connectivity index (χ4v) is 2.84. The van der Waals surface area contributed by atoms with Gasteiger partial charge in [0.15, 0.2) is 5.13 Å². The molecule has 0 radical (unpaired) electrons. The molecular weight excluding hydrogens is 236 g/mol. The molecule has 0 unspecified atom stereocenters. The number of nitrogens with zero attached hydrogens (tertiary/aromatic N) is 2. The molecule has 4 nitrogen and oxygen atoms in total. The molecular formula is C12H22N2O2S. The van der Waals surface area contributed by atoms with Crippen LogP contribution < -0.4 is 4.90 Å². The summed E-state index contributed by atoms with van der Waals surface area (Å²) in [7, 11) is 3.71. The first-order valence-electron chi connectivity index (χ1n) is 5.99. The van der Waals surface area contributed by atoms with E-state index >= 15 is 0 Å². The van der Waals surface area contributed by atoms with E-state index in [1.54, 1.807) is 18.4 Å². The average molecular weight is 258 g/mol. The number of aliphatic hydroxyl groups is 1. The third-order valence-electron chi connectivity index (χ3n) is 2.98. The lowest BCUT2D eigenvalue weighted by Crippen LogP contribution is -2.30. The molecule has 0 atom stereocenters. The Labute approximate surface area is 107 Å². The highest BCUT2D eigenvalue weighted by molar-refractivity contribution is 7.15. The van der Waals surface area contributed by atoms with E-state index < -0.39 is 0 Å². The molecule has 0 aliphatic rings. The van der Waals surface area contributed by atoms with E-state index in [2.05, 4.69) is 30.8 Å². The van der Waals surface area contributed by atoms with Gasteiger partial charge in [0.25, 0.3) is 0 Å². The van der Waals surface area contributed by atoms with Crippen LogP contribution >= 0.6 is 11.3 Å². The first-order valence-corrected chi connectivity index (χ1v) is 6.80. The van der Waals surface area contributed by atoms with E-state index in [1.807, 2.05) is 0 Å². The number of hydrogen-bond donors (Lipinski definition) is 1. The van der Waals surface area contributed by atoms with Crippen molar-refractivity contribution >= 4 is 16.5 Å². The van der Waals surface area contributed by atoms with E-state index in [0.717, 1.165) is 28.5 Å². The highest BCUT2D eigenvalue weighted by Gasteiger charge is 2.17. The molecule has 0 aromatic carbocycles. The Bertz CT molecular complexity index is 337. The summed E-state index contributed by atoms with van der Waals surface area (Å²) in [6.07, 6.45) is 2.20. The van der Waals surface area contributed by atoms with E-state index in [0.29, 0.717) is 12.6 Å². The van der Waals surface area contributed by atoms with Crippen LogP contribution in [0.2, 0.25) is 0 Å². The van der Waals surface area contributed by atoms with Gasteiger partial charge in [0.1, 0.15) is 0 Å². The summed E-state index contributed by atoms with van der Waals surface area (Å²) in [6, 6.07) is 0.503. The van der Waals surface area contributed by atoms with E-state index in [-0.39, 0.29) is 6.61 Å². The predicted octanol–water partition coefficient (Wildman–Crippen LogP) is 2.41.